The van der Waals surface area contributed by atoms with Crippen molar-refractivity contribution >= 4 is 33.4 Å². The van der Waals surface area contributed by atoms with Gasteiger partial charge in [-0.25, -0.2) is 0 Å². The molecule has 1 atom stereocenters. The fourth-order valence-corrected chi connectivity index (χ4v) is 3.28. The van der Waals surface area contributed by atoms with E-state index in [-0.39, 0.29) is 11.9 Å². The lowest BCUT2D eigenvalue weighted by Crippen LogP contribution is -2.41. The highest BCUT2D eigenvalue weighted by molar-refractivity contribution is 9.09. The molecule has 0 radical (unpaired) electrons. The van der Waals surface area contributed by atoms with E-state index in [4.69, 9.17) is 11.6 Å². The van der Waals surface area contributed by atoms with E-state index in [1.807, 2.05) is 17.0 Å². The third kappa shape index (κ3) is 3.07. The van der Waals surface area contributed by atoms with Crippen molar-refractivity contribution in [2.24, 2.45) is 0 Å². The number of carbonyl (C=O) groups is 1. The van der Waals surface area contributed by atoms with E-state index in [0.29, 0.717) is 10.6 Å². The molecule has 98 valence electrons. The summed E-state index contributed by atoms with van der Waals surface area (Å²) in [5.74, 6) is 0.0620. The maximum Gasteiger partial charge on any atom is 0.255 e. The van der Waals surface area contributed by atoms with Crippen LogP contribution in [0.25, 0.3) is 0 Å². The van der Waals surface area contributed by atoms with Crippen LogP contribution < -0.4 is 0 Å². The predicted octanol–water partition coefficient (Wildman–Crippen LogP) is 4.12. The van der Waals surface area contributed by atoms with Gasteiger partial charge in [0.25, 0.3) is 5.91 Å². The minimum absolute atomic E-state index is 0.0620. The average Bonchev–Trinajstić information content (AvgIpc) is 2.63. The predicted molar refractivity (Wildman–Crippen MR) is 78.5 cm³/mol. The fraction of sp³-hybridized carbons (Fsp3) is 0.500. The highest BCUT2D eigenvalue weighted by Gasteiger charge is 2.26. The molecule has 1 aromatic rings. The smallest absolute Gasteiger partial charge is 0.255 e. The van der Waals surface area contributed by atoms with Gasteiger partial charge in [-0.1, -0.05) is 52.5 Å². The van der Waals surface area contributed by atoms with Crippen LogP contribution in [0.1, 0.15) is 36.0 Å². The van der Waals surface area contributed by atoms with E-state index in [9.17, 15) is 4.79 Å². The van der Waals surface area contributed by atoms with Crippen molar-refractivity contribution in [2.45, 2.75) is 31.7 Å². The largest absolute Gasteiger partial charge is 0.335 e. The summed E-state index contributed by atoms with van der Waals surface area (Å²) < 4.78 is 0. The van der Waals surface area contributed by atoms with Gasteiger partial charge in [0.15, 0.2) is 0 Å². The van der Waals surface area contributed by atoms with Crippen LogP contribution >= 0.6 is 27.5 Å². The first-order valence-electron chi connectivity index (χ1n) is 6.35. The van der Waals surface area contributed by atoms with Gasteiger partial charge in [0, 0.05) is 17.9 Å². The number of halogens is 2. The van der Waals surface area contributed by atoms with Gasteiger partial charge in [0.05, 0.1) is 10.6 Å². The molecular formula is C14H17BrClNO. The molecule has 1 aliphatic heterocycles. The van der Waals surface area contributed by atoms with Gasteiger partial charge in [-0.05, 0) is 25.0 Å². The average molecular weight is 331 g/mol. The SMILES string of the molecule is O=C(c1ccccc1Cl)N1CCCCCC1CBr. The molecule has 1 fully saturated rings. The van der Waals surface area contributed by atoms with Crippen LogP contribution in [0.4, 0.5) is 0 Å². The molecule has 0 saturated carbocycles. The zero-order valence-electron chi connectivity index (χ0n) is 10.2. The number of carbonyl (C=O) groups excluding carboxylic acids is 1. The van der Waals surface area contributed by atoms with Crippen molar-refractivity contribution in [3.05, 3.63) is 34.9 Å². The molecule has 4 heteroatoms. The van der Waals surface area contributed by atoms with Gasteiger partial charge in [-0.15, -0.1) is 0 Å². The summed E-state index contributed by atoms with van der Waals surface area (Å²) >= 11 is 9.63. The maximum absolute atomic E-state index is 12.6. The molecule has 2 rings (SSSR count). The zero-order valence-corrected chi connectivity index (χ0v) is 12.6. The third-order valence-electron chi connectivity index (χ3n) is 3.42. The molecule has 1 unspecified atom stereocenters. The number of hydrogen-bond donors (Lipinski definition) is 0. The molecule has 1 aliphatic rings. The second-order valence-corrected chi connectivity index (χ2v) is 5.69. The second kappa shape index (κ2) is 6.58. The van der Waals surface area contributed by atoms with Gasteiger partial charge in [-0.2, -0.15) is 0 Å². The molecule has 2 nitrogen and oxygen atoms in total. The first-order valence-corrected chi connectivity index (χ1v) is 7.85. The van der Waals surface area contributed by atoms with Crippen LogP contribution in [-0.4, -0.2) is 28.7 Å². The van der Waals surface area contributed by atoms with Crippen LogP contribution in [-0.2, 0) is 0 Å². The molecule has 0 aliphatic carbocycles. The second-order valence-electron chi connectivity index (χ2n) is 4.64. The molecule has 0 N–H and O–H groups in total. The summed E-state index contributed by atoms with van der Waals surface area (Å²) in [5.41, 5.74) is 0.618. The Kier molecular flexibility index (Phi) is 5.07. The van der Waals surface area contributed by atoms with Crippen LogP contribution in [0.2, 0.25) is 5.02 Å². The van der Waals surface area contributed by atoms with Crippen LogP contribution in [0, 0.1) is 0 Å². The van der Waals surface area contributed by atoms with E-state index < -0.39 is 0 Å². The highest BCUT2D eigenvalue weighted by Crippen LogP contribution is 2.23. The molecule has 0 bridgehead atoms. The third-order valence-corrected chi connectivity index (χ3v) is 4.50. The Bertz CT molecular complexity index is 424. The number of rotatable bonds is 2. The van der Waals surface area contributed by atoms with Crippen molar-refractivity contribution in [2.75, 3.05) is 11.9 Å². The van der Waals surface area contributed by atoms with Gasteiger partial charge < -0.3 is 4.90 Å². The summed E-state index contributed by atoms with van der Waals surface area (Å²) in [6.07, 6.45) is 4.56. The minimum Gasteiger partial charge on any atom is -0.335 e. The topological polar surface area (TPSA) is 20.3 Å². The Hall–Kier alpha value is -0.540. The van der Waals surface area contributed by atoms with E-state index in [1.54, 1.807) is 12.1 Å². The van der Waals surface area contributed by atoms with Gasteiger partial charge in [0.1, 0.15) is 0 Å². The number of alkyl halides is 1. The van der Waals surface area contributed by atoms with E-state index in [1.165, 1.54) is 12.8 Å². The fourth-order valence-electron chi connectivity index (χ4n) is 2.39. The van der Waals surface area contributed by atoms with Crippen molar-refractivity contribution in [1.82, 2.24) is 4.90 Å². The summed E-state index contributed by atoms with van der Waals surface area (Å²) in [5, 5.41) is 1.38. The highest BCUT2D eigenvalue weighted by atomic mass is 79.9. The van der Waals surface area contributed by atoms with Gasteiger partial charge in [0.2, 0.25) is 0 Å². The number of nitrogens with zero attached hydrogens (tertiary/aromatic N) is 1. The Morgan fingerprint density at radius 2 is 2.11 bits per heavy atom. The van der Waals surface area contributed by atoms with Crippen molar-refractivity contribution in [3.8, 4) is 0 Å². The summed E-state index contributed by atoms with van der Waals surface area (Å²) in [6, 6.07) is 7.58. The quantitative estimate of drug-likeness (QED) is 0.747. The van der Waals surface area contributed by atoms with E-state index in [0.717, 1.165) is 24.7 Å². The van der Waals surface area contributed by atoms with Crippen molar-refractivity contribution < 1.29 is 4.79 Å². The number of likely N-dealkylation sites (tertiary alicyclic amines) is 1. The summed E-state index contributed by atoms with van der Waals surface area (Å²) in [7, 11) is 0. The van der Waals surface area contributed by atoms with Gasteiger partial charge >= 0.3 is 0 Å². The Labute approximate surface area is 121 Å². The maximum atomic E-state index is 12.6. The van der Waals surface area contributed by atoms with Crippen molar-refractivity contribution in [3.63, 3.8) is 0 Å². The number of amides is 1. The number of benzene rings is 1. The molecule has 1 saturated heterocycles. The molecule has 1 heterocycles. The lowest BCUT2D eigenvalue weighted by molar-refractivity contribution is 0.0702. The first-order chi connectivity index (χ1) is 8.74. The van der Waals surface area contributed by atoms with Crippen LogP contribution in [0.5, 0.6) is 0 Å². The first kappa shape index (κ1) is 13.9. The Morgan fingerprint density at radius 1 is 1.33 bits per heavy atom. The standard InChI is InChI=1S/C14H17BrClNO/c15-10-11-6-2-1-5-9-17(11)14(18)12-7-3-4-8-13(12)16/h3-4,7-8,11H,1-2,5-6,9-10H2. The summed E-state index contributed by atoms with van der Waals surface area (Å²) in [6.45, 7) is 0.834. The van der Waals surface area contributed by atoms with Crippen molar-refractivity contribution in [1.29, 1.82) is 0 Å². The molecule has 1 aromatic carbocycles. The molecule has 0 aromatic heterocycles. The normalized spacial score (nSPS) is 20.6. The van der Waals surface area contributed by atoms with E-state index >= 15 is 0 Å². The lowest BCUT2D eigenvalue weighted by atomic mass is 10.1. The minimum atomic E-state index is 0.0620. The molecule has 0 spiro atoms. The number of hydrogen-bond acceptors (Lipinski definition) is 1. The molecule has 1 amide bonds. The molecule has 18 heavy (non-hydrogen) atoms. The van der Waals surface area contributed by atoms with E-state index in [2.05, 4.69) is 15.9 Å². The van der Waals surface area contributed by atoms with Crippen LogP contribution in [0.3, 0.4) is 0 Å². The Morgan fingerprint density at radius 3 is 2.83 bits per heavy atom. The Balaban J connectivity index is 2.23. The zero-order chi connectivity index (χ0) is 13.0. The van der Waals surface area contributed by atoms with Gasteiger partial charge in [-0.3, -0.25) is 4.79 Å². The molecular weight excluding hydrogens is 314 g/mol. The monoisotopic (exact) mass is 329 g/mol. The lowest BCUT2D eigenvalue weighted by Gasteiger charge is -2.29. The van der Waals surface area contributed by atoms with Crippen LogP contribution in [0.15, 0.2) is 24.3 Å². The summed E-state index contributed by atoms with van der Waals surface area (Å²) in [4.78, 5) is 14.5.